The second kappa shape index (κ2) is 6.70. The Labute approximate surface area is 158 Å². The number of hydrogen-bond donors (Lipinski definition) is 2. The van der Waals surface area contributed by atoms with Gasteiger partial charge in [-0.3, -0.25) is 4.98 Å². The smallest absolute Gasteiger partial charge is 0.241 e. The molecule has 1 aromatic carbocycles. The summed E-state index contributed by atoms with van der Waals surface area (Å²) < 4.78 is 34.5. The van der Waals surface area contributed by atoms with Crippen molar-refractivity contribution in [1.82, 2.24) is 14.9 Å². The molecule has 4 rings (SSSR count). The van der Waals surface area contributed by atoms with E-state index in [-0.39, 0.29) is 17.0 Å². The predicted molar refractivity (Wildman–Crippen MR) is 103 cm³/mol. The first kappa shape index (κ1) is 18.1. The second-order valence-corrected chi connectivity index (χ2v) is 8.75. The third-order valence-corrected chi connectivity index (χ3v) is 6.70. The molecule has 3 aromatic rings. The van der Waals surface area contributed by atoms with Crippen molar-refractivity contribution in [2.24, 2.45) is 5.73 Å². The number of hydrogen-bond acceptors (Lipinski definition) is 6. The van der Waals surface area contributed by atoms with Gasteiger partial charge in [-0.25, -0.2) is 13.1 Å². The Morgan fingerprint density at radius 2 is 2.07 bits per heavy atom. The Hall–Kier alpha value is -2.29. The average molecular weight is 386 g/mol. The van der Waals surface area contributed by atoms with Gasteiger partial charge in [-0.2, -0.15) is 0 Å². The highest BCUT2D eigenvalue weighted by Crippen LogP contribution is 2.33. The van der Waals surface area contributed by atoms with Crippen LogP contribution >= 0.6 is 0 Å². The van der Waals surface area contributed by atoms with Crippen molar-refractivity contribution in [3.8, 4) is 11.1 Å². The van der Waals surface area contributed by atoms with Gasteiger partial charge in [-0.1, -0.05) is 11.6 Å². The molecule has 8 heteroatoms. The van der Waals surface area contributed by atoms with Gasteiger partial charge in [0.25, 0.3) is 0 Å². The van der Waals surface area contributed by atoms with Crippen molar-refractivity contribution in [2.75, 3.05) is 0 Å². The molecule has 142 valence electrons. The van der Waals surface area contributed by atoms with E-state index in [9.17, 15) is 8.42 Å². The number of aromatic nitrogens is 2. The first-order chi connectivity index (χ1) is 12.9. The van der Waals surface area contributed by atoms with Gasteiger partial charge in [0, 0.05) is 29.2 Å². The number of nitrogens with zero attached hydrogens (tertiary/aromatic N) is 2. The summed E-state index contributed by atoms with van der Waals surface area (Å²) in [4.78, 5) is 4.56. The van der Waals surface area contributed by atoms with Crippen LogP contribution in [0.1, 0.15) is 30.7 Å². The zero-order valence-electron chi connectivity index (χ0n) is 15.3. The van der Waals surface area contributed by atoms with Crippen LogP contribution in [0.5, 0.6) is 0 Å². The minimum atomic E-state index is -3.76. The van der Waals surface area contributed by atoms with Crippen molar-refractivity contribution >= 4 is 20.9 Å². The summed E-state index contributed by atoms with van der Waals surface area (Å²) >= 11 is 0. The van der Waals surface area contributed by atoms with Crippen LogP contribution < -0.4 is 10.5 Å². The Morgan fingerprint density at radius 1 is 1.26 bits per heavy atom. The topological polar surface area (TPSA) is 111 Å². The SMILES string of the molecule is Cc1noc(C)c1-c1cc(S(=O)(=O)N[C@@H]2CCCC2N)c2cccnc2c1. The van der Waals surface area contributed by atoms with E-state index in [4.69, 9.17) is 10.3 Å². The Morgan fingerprint density at radius 3 is 2.74 bits per heavy atom. The first-order valence-corrected chi connectivity index (χ1v) is 10.4. The highest BCUT2D eigenvalue weighted by Gasteiger charge is 2.30. The van der Waals surface area contributed by atoms with E-state index in [1.807, 2.05) is 19.9 Å². The van der Waals surface area contributed by atoms with Gasteiger partial charge in [0.05, 0.1) is 16.1 Å². The lowest BCUT2D eigenvalue weighted by atomic mass is 10.0. The van der Waals surface area contributed by atoms with E-state index >= 15 is 0 Å². The maximum absolute atomic E-state index is 13.2. The summed E-state index contributed by atoms with van der Waals surface area (Å²) in [5.74, 6) is 0.636. The lowest BCUT2D eigenvalue weighted by Crippen LogP contribution is -2.43. The second-order valence-electron chi connectivity index (χ2n) is 7.07. The summed E-state index contributed by atoms with van der Waals surface area (Å²) in [6.45, 7) is 3.64. The van der Waals surface area contributed by atoms with Crippen LogP contribution in [0.25, 0.3) is 22.0 Å². The quantitative estimate of drug-likeness (QED) is 0.713. The molecule has 0 aliphatic heterocycles. The van der Waals surface area contributed by atoms with Crippen molar-refractivity contribution in [2.45, 2.75) is 50.1 Å². The summed E-state index contributed by atoms with van der Waals surface area (Å²) in [6.07, 6.45) is 4.15. The maximum atomic E-state index is 13.2. The molecule has 27 heavy (non-hydrogen) atoms. The van der Waals surface area contributed by atoms with E-state index in [2.05, 4.69) is 14.9 Å². The fraction of sp³-hybridized carbons (Fsp3) is 0.368. The van der Waals surface area contributed by atoms with Crippen molar-refractivity contribution in [1.29, 1.82) is 0 Å². The molecule has 1 saturated carbocycles. The Bertz CT molecular complexity index is 1090. The molecule has 0 spiro atoms. The summed E-state index contributed by atoms with van der Waals surface area (Å²) in [5, 5.41) is 4.56. The fourth-order valence-corrected chi connectivity index (χ4v) is 5.37. The summed E-state index contributed by atoms with van der Waals surface area (Å²) in [5.41, 5.74) is 8.88. The third kappa shape index (κ3) is 3.24. The van der Waals surface area contributed by atoms with Gasteiger partial charge >= 0.3 is 0 Å². The number of benzene rings is 1. The number of nitrogens with two attached hydrogens (primary N) is 1. The van der Waals surface area contributed by atoms with E-state index in [1.54, 1.807) is 24.4 Å². The van der Waals surface area contributed by atoms with Crippen LogP contribution in [0.2, 0.25) is 0 Å². The molecule has 0 radical (unpaired) electrons. The lowest BCUT2D eigenvalue weighted by molar-refractivity contribution is 0.393. The number of nitrogens with one attached hydrogen (secondary N) is 1. The molecular formula is C19H22N4O3S. The number of sulfonamides is 1. The Kier molecular flexibility index (Phi) is 4.49. The molecule has 1 fully saturated rings. The Balaban J connectivity index is 1.89. The highest BCUT2D eigenvalue weighted by atomic mass is 32.2. The van der Waals surface area contributed by atoms with E-state index < -0.39 is 10.0 Å². The van der Waals surface area contributed by atoms with Gasteiger partial charge in [-0.05, 0) is 56.5 Å². The number of pyridine rings is 1. The molecule has 0 amide bonds. The predicted octanol–water partition coefficient (Wildman–Crippen LogP) is 2.66. The number of fused-ring (bicyclic) bond motifs is 1. The molecule has 2 aromatic heterocycles. The molecular weight excluding hydrogens is 364 g/mol. The van der Waals surface area contributed by atoms with Crippen LogP contribution in [-0.4, -0.2) is 30.6 Å². The molecule has 7 nitrogen and oxygen atoms in total. The monoisotopic (exact) mass is 386 g/mol. The number of rotatable bonds is 4. The van der Waals surface area contributed by atoms with Gasteiger partial charge in [-0.15, -0.1) is 0 Å². The minimum Gasteiger partial charge on any atom is -0.361 e. The van der Waals surface area contributed by atoms with E-state index in [1.165, 1.54) is 0 Å². The zero-order chi connectivity index (χ0) is 19.2. The van der Waals surface area contributed by atoms with Gasteiger partial charge in [0.15, 0.2) is 0 Å². The van der Waals surface area contributed by atoms with Crippen LogP contribution in [0.3, 0.4) is 0 Å². The van der Waals surface area contributed by atoms with Gasteiger partial charge < -0.3 is 10.3 Å². The van der Waals surface area contributed by atoms with E-state index in [0.29, 0.717) is 27.9 Å². The average Bonchev–Trinajstić information content (AvgIpc) is 3.18. The molecule has 0 bridgehead atoms. The van der Waals surface area contributed by atoms with Crippen molar-refractivity contribution in [3.63, 3.8) is 0 Å². The molecule has 0 saturated heterocycles. The zero-order valence-corrected chi connectivity index (χ0v) is 16.1. The first-order valence-electron chi connectivity index (χ1n) is 8.97. The summed E-state index contributed by atoms with van der Waals surface area (Å²) in [6, 6.07) is 6.63. The normalized spacial score (nSPS) is 20.4. The molecule has 3 N–H and O–H groups in total. The third-order valence-electron chi connectivity index (χ3n) is 5.17. The van der Waals surface area contributed by atoms with E-state index in [0.717, 1.165) is 24.8 Å². The van der Waals surface area contributed by atoms with Gasteiger partial charge in [0.2, 0.25) is 10.0 Å². The highest BCUT2D eigenvalue weighted by molar-refractivity contribution is 7.89. The molecule has 2 heterocycles. The van der Waals surface area contributed by atoms with Crippen LogP contribution in [0, 0.1) is 13.8 Å². The largest absolute Gasteiger partial charge is 0.361 e. The van der Waals surface area contributed by atoms with Crippen LogP contribution in [0.4, 0.5) is 0 Å². The molecule has 1 aliphatic rings. The standard InChI is InChI=1S/C19H22N4O3S/c1-11-19(12(2)26-22-11)13-9-17-14(5-4-8-21-17)18(10-13)27(24,25)23-16-7-3-6-15(16)20/h4-5,8-10,15-16,23H,3,6-7,20H2,1-2H3/t15?,16-/m1/s1. The van der Waals surface area contributed by atoms with Crippen molar-refractivity contribution in [3.05, 3.63) is 41.9 Å². The lowest BCUT2D eigenvalue weighted by Gasteiger charge is -2.18. The van der Waals surface area contributed by atoms with Crippen LogP contribution in [0.15, 0.2) is 39.9 Å². The van der Waals surface area contributed by atoms with Crippen molar-refractivity contribution < 1.29 is 12.9 Å². The number of aryl methyl sites for hydroxylation is 2. The molecule has 1 unspecified atom stereocenters. The minimum absolute atomic E-state index is 0.157. The molecule has 1 aliphatic carbocycles. The van der Waals surface area contributed by atoms with Crippen LogP contribution in [-0.2, 0) is 10.0 Å². The fourth-order valence-electron chi connectivity index (χ4n) is 3.81. The van der Waals surface area contributed by atoms with Gasteiger partial charge in [0.1, 0.15) is 5.76 Å². The maximum Gasteiger partial charge on any atom is 0.241 e. The molecule has 2 atom stereocenters. The summed E-state index contributed by atoms with van der Waals surface area (Å²) in [7, 11) is -3.76.